The normalized spacial score (nSPS) is 10.3. The number of hydrogen-bond acceptors (Lipinski definition) is 6. The lowest BCUT2D eigenvalue weighted by Crippen LogP contribution is -2.14. The number of aromatic nitrogens is 3. The van der Waals surface area contributed by atoms with Crippen molar-refractivity contribution in [3.05, 3.63) is 45.9 Å². The molecule has 0 unspecified atom stereocenters. The zero-order chi connectivity index (χ0) is 15.2. The molecular formula is C13H13N3O4S. The van der Waals surface area contributed by atoms with Gasteiger partial charge in [0.15, 0.2) is 5.16 Å². The molecule has 0 amide bonds. The number of benzene rings is 1. The molecule has 2 aromatic rings. The highest BCUT2D eigenvalue weighted by atomic mass is 32.2. The van der Waals surface area contributed by atoms with E-state index in [-0.39, 0.29) is 11.1 Å². The lowest BCUT2D eigenvalue weighted by atomic mass is 10.2. The van der Waals surface area contributed by atoms with Gasteiger partial charge < -0.3 is 9.84 Å². The Balaban J connectivity index is 1.80. The van der Waals surface area contributed by atoms with Gasteiger partial charge in [-0.2, -0.15) is 0 Å². The van der Waals surface area contributed by atoms with Crippen LogP contribution >= 0.6 is 11.8 Å². The zero-order valence-electron chi connectivity index (χ0n) is 11.2. The Hall–Kier alpha value is -2.35. The molecule has 0 aliphatic carbocycles. The zero-order valence-corrected chi connectivity index (χ0v) is 12.0. The highest BCUT2D eigenvalue weighted by molar-refractivity contribution is 7.99. The van der Waals surface area contributed by atoms with E-state index in [1.165, 1.54) is 23.9 Å². The SMILES string of the molecule is Cc1nnc(SCCOc2ccc(C(=O)O)cc2)[nH]c1=O. The van der Waals surface area contributed by atoms with Crippen LogP contribution in [-0.4, -0.2) is 38.6 Å². The largest absolute Gasteiger partial charge is 0.493 e. The highest BCUT2D eigenvalue weighted by Crippen LogP contribution is 2.14. The van der Waals surface area contributed by atoms with Crippen molar-refractivity contribution in [2.75, 3.05) is 12.4 Å². The van der Waals surface area contributed by atoms with Crippen molar-refractivity contribution in [2.45, 2.75) is 12.1 Å². The molecule has 0 spiro atoms. The number of carboxylic acid groups (broad SMARTS) is 1. The molecule has 0 aliphatic heterocycles. The van der Waals surface area contributed by atoms with Gasteiger partial charge in [-0.05, 0) is 31.2 Å². The van der Waals surface area contributed by atoms with E-state index < -0.39 is 5.97 Å². The van der Waals surface area contributed by atoms with Crippen molar-refractivity contribution in [2.24, 2.45) is 0 Å². The lowest BCUT2D eigenvalue weighted by molar-refractivity contribution is 0.0697. The van der Waals surface area contributed by atoms with E-state index in [2.05, 4.69) is 15.2 Å². The number of carbonyl (C=O) groups is 1. The maximum atomic E-state index is 11.3. The van der Waals surface area contributed by atoms with Crippen LogP contribution in [-0.2, 0) is 0 Å². The van der Waals surface area contributed by atoms with Crippen molar-refractivity contribution < 1.29 is 14.6 Å². The number of ether oxygens (including phenoxy) is 1. The third-order valence-electron chi connectivity index (χ3n) is 2.53. The summed E-state index contributed by atoms with van der Waals surface area (Å²) in [5.41, 5.74) is 0.288. The second-order valence-electron chi connectivity index (χ2n) is 4.07. The number of carboxylic acids is 1. The molecule has 0 saturated carbocycles. The van der Waals surface area contributed by atoms with E-state index >= 15 is 0 Å². The number of aromatic carboxylic acids is 1. The molecule has 2 N–H and O–H groups in total. The predicted molar refractivity (Wildman–Crippen MR) is 77.0 cm³/mol. The molecule has 0 bridgehead atoms. The van der Waals surface area contributed by atoms with Crippen molar-refractivity contribution in [1.29, 1.82) is 0 Å². The minimum atomic E-state index is -0.973. The number of nitrogens with one attached hydrogen (secondary N) is 1. The van der Waals surface area contributed by atoms with Crippen molar-refractivity contribution >= 4 is 17.7 Å². The van der Waals surface area contributed by atoms with Gasteiger partial charge in [0.2, 0.25) is 0 Å². The fourth-order valence-electron chi connectivity index (χ4n) is 1.43. The highest BCUT2D eigenvalue weighted by Gasteiger charge is 2.03. The summed E-state index contributed by atoms with van der Waals surface area (Å²) in [6, 6.07) is 6.16. The van der Waals surface area contributed by atoms with Crippen LogP contribution in [0.1, 0.15) is 16.1 Å². The molecule has 0 saturated heterocycles. The number of aromatic amines is 1. The monoisotopic (exact) mass is 307 g/mol. The van der Waals surface area contributed by atoms with Gasteiger partial charge in [-0.3, -0.25) is 9.78 Å². The summed E-state index contributed by atoms with van der Waals surface area (Å²) < 4.78 is 5.46. The molecule has 110 valence electrons. The lowest BCUT2D eigenvalue weighted by Gasteiger charge is -2.05. The Morgan fingerprint density at radius 2 is 2.05 bits per heavy atom. The summed E-state index contributed by atoms with van der Waals surface area (Å²) in [4.78, 5) is 24.6. The molecule has 1 aromatic heterocycles. The maximum Gasteiger partial charge on any atom is 0.335 e. The Morgan fingerprint density at radius 3 is 2.67 bits per heavy atom. The second kappa shape index (κ2) is 6.89. The second-order valence-corrected chi connectivity index (χ2v) is 5.15. The average molecular weight is 307 g/mol. The third kappa shape index (κ3) is 4.32. The molecule has 0 aliphatic rings. The molecule has 21 heavy (non-hydrogen) atoms. The molecule has 0 radical (unpaired) electrons. The first-order chi connectivity index (χ1) is 10.1. The van der Waals surface area contributed by atoms with Gasteiger partial charge in [0, 0.05) is 5.75 Å². The van der Waals surface area contributed by atoms with E-state index in [0.29, 0.717) is 29.0 Å². The molecule has 2 rings (SSSR count). The van der Waals surface area contributed by atoms with Gasteiger partial charge in [-0.25, -0.2) is 4.79 Å². The number of aryl methyl sites for hydroxylation is 1. The van der Waals surface area contributed by atoms with Gasteiger partial charge in [-0.15, -0.1) is 10.2 Å². The van der Waals surface area contributed by atoms with Crippen LogP contribution in [0.5, 0.6) is 5.75 Å². The average Bonchev–Trinajstić information content (AvgIpc) is 2.47. The Labute approximate surface area is 124 Å². The molecule has 1 heterocycles. The van der Waals surface area contributed by atoms with Crippen LogP contribution in [0.2, 0.25) is 0 Å². The smallest absolute Gasteiger partial charge is 0.335 e. The van der Waals surface area contributed by atoms with E-state index in [1.807, 2.05) is 0 Å². The van der Waals surface area contributed by atoms with Gasteiger partial charge in [0.25, 0.3) is 5.56 Å². The maximum absolute atomic E-state index is 11.3. The molecular weight excluding hydrogens is 294 g/mol. The first-order valence-corrected chi connectivity index (χ1v) is 7.07. The number of rotatable bonds is 6. The van der Waals surface area contributed by atoms with Gasteiger partial charge >= 0.3 is 5.97 Å². The standard InChI is InChI=1S/C13H13N3O4S/c1-8-11(17)14-13(16-15-8)21-7-6-20-10-4-2-9(3-5-10)12(18)19/h2-5H,6-7H2,1H3,(H,18,19)(H,14,16,17). The van der Waals surface area contributed by atoms with E-state index in [1.54, 1.807) is 19.1 Å². The van der Waals surface area contributed by atoms with Crippen molar-refractivity contribution in [1.82, 2.24) is 15.2 Å². The number of H-pyrrole nitrogens is 1. The molecule has 1 aromatic carbocycles. The predicted octanol–water partition coefficient (Wildman–Crippen LogP) is 1.34. The van der Waals surface area contributed by atoms with Gasteiger partial charge in [-0.1, -0.05) is 11.8 Å². The van der Waals surface area contributed by atoms with Gasteiger partial charge in [0.05, 0.1) is 12.2 Å². The fourth-order valence-corrected chi connectivity index (χ4v) is 2.06. The summed E-state index contributed by atoms with van der Waals surface area (Å²) in [5.74, 6) is 0.192. The van der Waals surface area contributed by atoms with Crippen LogP contribution in [0.4, 0.5) is 0 Å². The van der Waals surface area contributed by atoms with Crippen LogP contribution < -0.4 is 10.3 Å². The summed E-state index contributed by atoms with van der Waals surface area (Å²) in [5, 5.41) is 16.8. The molecule has 0 fully saturated rings. The topological polar surface area (TPSA) is 105 Å². The quantitative estimate of drug-likeness (QED) is 0.613. The third-order valence-corrected chi connectivity index (χ3v) is 3.36. The molecule has 8 heteroatoms. The summed E-state index contributed by atoms with van der Waals surface area (Å²) in [6.45, 7) is 1.98. The molecule has 0 atom stereocenters. The number of thioether (sulfide) groups is 1. The fraction of sp³-hybridized carbons (Fsp3) is 0.231. The Morgan fingerprint density at radius 1 is 1.33 bits per heavy atom. The van der Waals surface area contributed by atoms with Crippen molar-refractivity contribution in [3.8, 4) is 5.75 Å². The molecule has 7 nitrogen and oxygen atoms in total. The Bertz CT molecular complexity index is 685. The van der Waals surface area contributed by atoms with Crippen LogP contribution in [0.3, 0.4) is 0 Å². The Kier molecular flexibility index (Phi) is 4.94. The van der Waals surface area contributed by atoms with Crippen LogP contribution in [0.25, 0.3) is 0 Å². The summed E-state index contributed by atoms with van der Waals surface area (Å²) in [7, 11) is 0. The number of hydrogen-bond donors (Lipinski definition) is 2. The first kappa shape index (κ1) is 15.0. The van der Waals surface area contributed by atoms with E-state index in [0.717, 1.165) is 0 Å². The summed E-state index contributed by atoms with van der Waals surface area (Å²) >= 11 is 1.32. The van der Waals surface area contributed by atoms with Crippen molar-refractivity contribution in [3.63, 3.8) is 0 Å². The summed E-state index contributed by atoms with van der Waals surface area (Å²) in [6.07, 6.45) is 0. The van der Waals surface area contributed by atoms with E-state index in [4.69, 9.17) is 9.84 Å². The van der Waals surface area contributed by atoms with Gasteiger partial charge in [0.1, 0.15) is 11.4 Å². The van der Waals surface area contributed by atoms with Crippen LogP contribution in [0, 0.1) is 6.92 Å². The van der Waals surface area contributed by atoms with Crippen LogP contribution in [0.15, 0.2) is 34.2 Å². The minimum absolute atomic E-state index is 0.212. The van der Waals surface area contributed by atoms with E-state index in [9.17, 15) is 9.59 Å². The first-order valence-electron chi connectivity index (χ1n) is 6.09. The number of nitrogens with zero attached hydrogens (tertiary/aromatic N) is 2. The minimum Gasteiger partial charge on any atom is -0.493 e.